The molecular formula is C16H32N2O. The smallest absolute Gasteiger partial charge is 0.225 e. The number of likely N-dealkylation sites (tertiary alicyclic amines) is 1. The van der Waals surface area contributed by atoms with Crippen LogP contribution in [0.5, 0.6) is 0 Å². The third-order valence-electron chi connectivity index (χ3n) is 4.48. The maximum Gasteiger partial charge on any atom is 0.225 e. The number of carbonyl (C=O) groups excluding carboxylic acids is 1. The van der Waals surface area contributed by atoms with E-state index in [0.29, 0.717) is 11.8 Å². The molecule has 3 nitrogen and oxygen atoms in total. The Morgan fingerprint density at radius 2 is 1.95 bits per heavy atom. The summed E-state index contributed by atoms with van der Waals surface area (Å²) >= 11 is 0. The van der Waals surface area contributed by atoms with Gasteiger partial charge in [0.05, 0.1) is 0 Å². The van der Waals surface area contributed by atoms with Crippen molar-refractivity contribution >= 4 is 5.91 Å². The van der Waals surface area contributed by atoms with E-state index in [1.165, 1.54) is 45.3 Å². The largest absolute Gasteiger partial charge is 0.345 e. The van der Waals surface area contributed by atoms with E-state index in [-0.39, 0.29) is 5.92 Å². The molecule has 19 heavy (non-hydrogen) atoms. The highest BCUT2D eigenvalue weighted by molar-refractivity contribution is 5.78. The molecule has 0 aromatic rings. The molecule has 1 saturated heterocycles. The van der Waals surface area contributed by atoms with Gasteiger partial charge in [-0.1, -0.05) is 27.2 Å². The Morgan fingerprint density at radius 1 is 1.32 bits per heavy atom. The third-order valence-corrected chi connectivity index (χ3v) is 4.48. The molecule has 0 saturated carbocycles. The predicted molar refractivity (Wildman–Crippen MR) is 81.2 cm³/mol. The van der Waals surface area contributed by atoms with E-state index < -0.39 is 0 Å². The first-order valence-electron chi connectivity index (χ1n) is 8.05. The summed E-state index contributed by atoms with van der Waals surface area (Å²) in [5.74, 6) is 1.20. The van der Waals surface area contributed by atoms with Crippen molar-refractivity contribution in [1.29, 1.82) is 0 Å². The summed E-state index contributed by atoms with van der Waals surface area (Å²) in [7, 11) is 1.97. The molecule has 1 unspecified atom stereocenters. The number of amides is 1. The van der Waals surface area contributed by atoms with Gasteiger partial charge in [0.15, 0.2) is 0 Å². The van der Waals surface area contributed by atoms with Crippen molar-refractivity contribution in [3.05, 3.63) is 0 Å². The number of carbonyl (C=O) groups is 1. The zero-order valence-corrected chi connectivity index (χ0v) is 13.3. The van der Waals surface area contributed by atoms with Crippen molar-refractivity contribution < 1.29 is 4.79 Å². The van der Waals surface area contributed by atoms with E-state index in [1.807, 2.05) is 18.9 Å². The Balaban J connectivity index is 2.26. The molecule has 1 rings (SSSR count). The second kappa shape index (κ2) is 8.57. The molecule has 1 fully saturated rings. The molecule has 0 N–H and O–H groups in total. The summed E-state index contributed by atoms with van der Waals surface area (Å²) in [6, 6.07) is 0. The second-order valence-electron chi connectivity index (χ2n) is 6.17. The fraction of sp³-hybridized carbons (Fsp3) is 0.938. The van der Waals surface area contributed by atoms with Crippen molar-refractivity contribution in [1.82, 2.24) is 9.80 Å². The van der Waals surface area contributed by atoms with Crippen LogP contribution >= 0.6 is 0 Å². The second-order valence-corrected chi connectivity index (χ2v) is 6.17. The van der Waals surface area contributed by atoms with Crippen molar-refractivity contribution in [2.45, 2.75) is 52.9 Å². The summed E-state index contributed by atoms with van der Waals surface area (Å²) in [5.41, 5.74) is 0. The van der Waals surface area contributed by atoms with Gasteiger partial charge in [-0.2, -0.15) is 0 Å². The summed E-state index contributed by atoms with van der Waals surface area (Å²) in [6.07, 6.45) is 6.05. The maximum atomic E-state index is 12.1. The van der Waals surface area contributed by atoms with Gasteiger partial charge in [0.1, 0.15) is 0 Å². The summed E-state index contributed by atoms with van der Waals surface area (Å²) < 4.78 is 0. The molecule has 1 amide bonds. The van der Waals surface area contributed by atoms with Gasteiger partial charge in [0, 0.05) is 19.5 Å². The minimum Gasteiger partial charge on any atom is -0.345 e. The molecule has 0 aromatic heterocycles. The predicted octanol–water partition coefficient (Wildman–Crippen LogP) is 3.00. The van der Waals surface area contributed by atoms with E-state index >= 15 is 0 Å². The summed E-state index contributed by atoms with van der Waals surface area (Å²) in [5, 5.41) is 0. The maximum absolute atomic E-state index is 12.1. The van der Waals surface area contributed by atoms with Crippen molar-refractivity contribution in [2.75, 3.05) is 33.2 Å². The van der Waals surface area contributed by atoms with Crippen molar-refractivity contribution in [2.24, 2.45) is 11.8 Å². The normalized spacial score (nSPS) is 19.4. The molecule has 1 heterocycles. The van der Waals surface area contributed by atoms with Gasteiger partial charge in [0.25, 0.3) is 0 Å². The first kappa shape index (κ1) is 16.5. The summed E-state index contributed by atoms with van der Waals surface area (Å²) in [6.45, 7) is 11.0. The lowest BCUT2D eigenvalue weighted by molar-refractivity contribution is -0.134. The van der Waals surface area contributed by atoms with E-state index in [0.717, 1.165) is 13.0 Å². The highest BCUT2D eigenvalue weighted by Gasteiger charge is 2.23. The molecule has 0 aromatic carbocycles. The number of unbranched alkanes of at least 4 members (excludes halogenated alkanes) is 1. The average Bonchev–Trinajstić information content (AvgIpc) is 2.44. The number of hydrogen-bond donors (Lipinski definition) is 0. The van der Waals surface area contributed by atoms with Crippen LogP contribution in [0.4, 0.5) is 0 Å². The minimum absolute atomic E-state index is 0.176. The van der Waals surface area contributed by atoms with Gasteiger partial charge in [-0.25, -0.2) is 0 Å². The first-order valence-corrected chi connectivity index (χ1v) is 8.05. The van der Waals surface area contributed by atoms with Gasteiger partial charge < -0.3 is 9.80 Å². The molecule has 112 valence electrons. The zero-order valence-electron chi connectivity index (χ0n) is 13.3. The Hall–Kier alpha value is -0.570. The van der Waals surface area contributed by atoms with Gasteiger partial charge in [-0.05, 0) is 51.2 Å². The molecule has 3 heteroatoms. The van der Waals surface area contributed by atoms with Crippen LogP contribution in [-0.4, -0.2) is 48.9 Å². The fourth-order valence-electron chi connectivity index (χ4n) is 2.80. The van der Waals surface area contributed by atoms with Gasteiger partial charge in [-0.3, -0.25) is 4.79 Å². The SMILES string of the molecule is CCCCN1CCC(CN(C)C(=O)C(C)CC)CC1. The summed E-state index contributed by atoms with van der Waals surface area (Å²) in [4.78, 5) is 16.6. The number of nitrogens with zero attached hydrogens (tertiary/aromatic N) is 2. The molecule has 1 atom stereocenters. The van der Waals surface area contributed by atoms with Crippen LogP contribution in [0.25, 0.3) is 0 Å². The fourth-order valence-corrected chi connectivity index (χ4v) is 2.80. The molecule has 0 bridgehead atoms. The zero-order chi connectivity index (χ0) is 14.3. The van der Waals surface area contributed by atoms with Gasteiger partial charge in [-0.15, -0.1) is 0 Å². The molecule has 1 aliphatic rings. The Bertz CT molecular complexity index is 259. The van der Waals surface area contributed by atoms with Gasteiger partial charge in [0.2, 0.25) is 5.91 Å². The van der Waals surface area contributed by atoms with Crippen LogP contribution in [0.2, 0.25) is 0 Å². The minimum atomic E-state index is 0.176. The third kappa shape index (κ3) is 5.52. The highest BCUT2D eigenvalue weighted by atomic mass is 16.2. The van der Waals surface area contributed by atoms with Gasteiger partial charge >= 0.3 is 0 Å². The van der Waals surface area contributed by atoms with Crippen LogP contribution in [0, 0.1) is 11.8 Å². The standard InChI is InChI=1S/C16H32N2O/c1-5-7-10-18-11-8-15(9-12-18)13-17(4)16(19)14(3)6-2/h14-15H,5-13H2,1-4H3. The Kier molecular flexibility index (Phi) is 7.44. The van der Waals surface area contributed by atoms with Crippen LogP contribution in [0.3, 0.4) is 0 Å². The molecule has 1 aliphatic heterocycles. The van der Waals surface area contributed by atoms with E-state index in [9.17, 15) is 4.79 Å². The first-order chi connectivity index (χ1) is 9.08. The topological polar surface area (TPSA) is 23.6 Å². The van der Waals surface area contributed by atoms with Crippen LogP contribution in [0.1, 0.15) is 52.9 Å². The number of piperidine rings is 1. The molecule has 0 spiro atoms. The number of rotatable bonds is 7. The van der Waals surface area contributed by atoms with E-state index in [2.05, 4.69) is 18.7 Å². The van der Waals surface area contributed by atoms with Crippen LogP contribution < -0.4 is 0 Å². The Labute approximate surface area is 119 Å². The van der Waals surface area contributed by atoms with E-state index in [4.69, 9.17) is 0 Å². The number of hydrogen-bond acceptors (Lipinski definition) is 2. The van der Waals surface area contributed by atoms with Crippen molar-refractivity contribution in [3.63, 3.8) is 0 Å². The van der Waals surface area contributed by atoms with Crippen LogP contribution in [-0.2, 0) is 4.79 Å². The monoisotopic (exact) mass is 268 g/mol. The lowest BCUT2D eigenvalue weighted by atomic mass is 9.95. The molecule has 0 aliphatic carbocycles. The lowest BCUT2D eigenvalue weighted by Gasteiger charge is -2.34. The quantitative estimate of drug-likeness (QED) is 0.708. The average molecular weight is 268 g/mol. The van der Waals surface area contributed by atoms with Crippen LogP contribution in [0.15, 0.2) is 0 Å². The molecular weight excluding hydrogens is 236 g/mol. The van der Waals surface area contributed by atoms with Crippen molar-refractivity contribution in [3.8, 4) is 0 Å². The Morgan fingerprint density at radius 3 is 2.47 bits per heavy atom. The molecule has 0 radical (unpaired) electrons. The van der Waals surface area contributed by atoms with E-state index in [1.54, 1.807) is 0 Å². The lowest BCUT2D eigenvalue weighted by Crippen LogP contribution is -2.41. The highest BCUT2D eigenvalue weighted by Crippen LogP contribution is 2.19.